The molecular formula is C49H86NO7P. The topological polar surface area (TPSA) is 117 Å². The molecule has 0 amide bonds. The van der Waals surface area contributed by atoms with Crippen LogP contribution in [0.3, 0.4) is 0 Å². The highest BCUT2D eigenvalue weighted by molar-refractivity contribution is 7.47. The van der Waals surface area contributed by atoms with Crippen LogP contribution < -0.4 is 5.73 Å². The Bertz CT molecular complexity index is 1160. The zero-order valence-electron chi connectivity index (χ0n) is 37.0. The second-order valence-electron chi connectivity index (χ2n) is 14.9. The molecule has 334 valence electrons. The summed E-state index contributed by atoms with van der Waals surface area (Å²) < 4.78 is 33.5. The van der Waals surface area contributed by atoms with Crippen LogP contribution in [0.15, 0.2) is 85.1 Å². The average Bonchev–Trinajstić information content (AvgIpc) is 3.21. The van der Waals surface area contributed by atoms with Gasteiger partial charge in [-0.2, -0.15) is 0 Å². The Labute approximate surface area is 356 Å². The van der Waals surface area contributed by atoms with Gasteiger partial charge in [0.15, 0.2) is 0 Å². The highest BCUT2D eigenvalue weighted by Crippen LogP contribution is 2.43. The van der Waals surface area contributed by atoms with E-state index in [4.69, 9.17) is 24.3 Å². The molecule has 8 nitrogen and oxygen atoms in total. The molecule has 0 heterocycles. The van der Waals surface area contributed by atoms with Crippen LogP contribution in [0.4, 0.5) is 0 Å². The van der Waals surface area contributed by atoms with Crippen LogP contribution >= 0.6 is 7.82 Å². The second kappa shape index (κ2) is 45.8. The number of phosphoric ester groups is 1. The number of rotatable bonds is 43. The molecule has 0 aromatic carbocycles. The molecule has 0 aliphatic carbocycles. The summed E-state index contributed by atoms with van der Waals surface area (Å²) in [5.74, 6) is -0.365. The van der Waals surface area contributed by atoms with Crippen molar-refractivity contribution in [2.45, 2.75) is 187 Å². The van der Waals surface area contributed by atoms with Gasteiger partial charge < -0.3 is 20.1 Å². The minimum absolute atomic E-state index is 0.0897. The number of esters is 1. The van der Waals surface area contributed by atoms with Crippen molar-refractivity contribution < 1.29 is 32.8 Å². The van der Waals surface area contributed by atoms with Gasteiger partial charge in [0.25, 0.3) is 0 Å². The number of ether oxygens (including phenoxy) is 2. The number of phosphoric acid groups is 1. The van der Waals surface area contributed by atoms with E-state index < -0.39 is 13.9 Å². The standard InChI is InChI=1S/C49H86NO7P/c1-3-5-7-9-11-13-15-17-19-21-23-25-27-29-31-33-35-37-39-41-44-54-46-48(47-56-58(52,53)55-45-43-50)57-49(51)42-40-38-36-34-32-30-28-26-24-22-20-18-16-14-12-10-8-6-4-2/h6,8,11-14,17-20,24,26,30,32,48H,3-5,7,9-10,15-16,21-23,25,27-29,31,33-47,50H2,1-2H3,(H,52,53)/b8-6-,13-11-,14-12-,19-17-,20-18-,26-24-,32-30-. The largest absolute Gasteiger partial charge is 0.472 e. The summed E-state index contributed by atoms with van der Waals surface area (Å²) in [6.07, 6.45) is 58.9. The Morgan fingerprint density at radius 3 is 1.45 bits per heavy atom. The number of hydrogen-bond acceptors (Lipinski definition) is 7. The molecule has 2 unspecified atom stereocenters. The number of unbranched alkanes of at least 4 members (excludes halogenated alkanes) is 16. The lowest BCUT2D eigenvalue weighted by Crippen LogP contribution is -2.28. The van der Waals surface area contributed by atoms with E-state index >= 15 is 0 Å². The monoisotopic (exact) mass is 832 g/mol. The zero-order valence-corrected chi connectivity index (χ0v) is 37.9. The summed E-state index contributed by atoms with van der Waals surface area (Å²) in [6, 6.07) is 0. The Morgan fingerprint density at radius 1 is 0.534 bits per heavy atom. The Balaban J connectivity index is 4.09. The molecule has 0 saturated carbocycles. The van der Waals surface area contributed by atoms with Crippen molar-refractivity contribution in [1.82, 2.24) is 0 Å². The molecule has 0 radical (unpaired) electrons. The van der Waals surface area contributed by atoms with Gasteiger partial charge in [-0.05, 0) is 89.9 Å². The van der Waals surface area contributed by atoms with E-state index in [1.54, 1.807) is 0 Å². The molecule has 0 aromatic heterocycles. The van der Waals surface area contributed by atoms with Gasteiger partial charge in [-0.25, -0.2) is 4.57 Å². The Kier molecular flexibility index (Phi) is 43.9. The van der Waals surface area contributed by atoms with Crippen LogP contribution in [-0.4, -0.2) is 49.9 Å². The van der Waals surface area contributed by atoms with Crippen LogP contribution in [-0.2, 0) is 27.9 Å². The van der Waals surface area contributed by atoms with Gasteiger partial charge in [0.1, 0.15) is 6.10 Å². The van der Waals surface area contributed by atoms with Gasteiger partial charge in [0, 0.05) is 19.6 Å². The van der Waals surface area contributed by atoms with Crippen molar-refractivity contribution in [3.63, 3.8) is 0 Å². The van der Waals surface area contributed by atoms with Gasteiger partial charge in [-0.15, -0.1) is 0 Å². The number of hydrogen-bond donors (Lipinski definition) is 2. The maximum absolute atomic E-state index is 12.6. The second-order valence-corrected chi connectivity index (χ2v) is 16.3. The average molecular weight is 832 g/mol. The van der Waals surface area contributed by atoms with Crippen LogP contribution in [0.25, 0.3) is 0 Å². The molecule has 0 rings (SSSR count). The van der Waals surface area contributed by atoms with Gasteiger partial charge in [-0.1, -0.05) is 170 Å². The minimum Gasteiger partial charge on any atom is -0.457 e. The molecule has 0 bridgehead atoms. The Morgan fingerprint density at radius 2 is 0.966 bits per heavy atom. The molecule has 9 heteroatoms. The zero-order chi connectivity index (χ0) is 42.3. The molecular weight excluding hydrogens is 746 g/mol. The molecule has 0 aliphatic rings. The van der Waals surface area contributed by atoms with E-state index in [1.807, 2.05) is 0 Å². The molecule has 58 heavy (non-hydrogen) atoms. The maximum atomic E-state index is 12.6. The number of carbonyl (C=O) groups excluding carboxylic acids is 1. The van der Waals surface area contributed by atoms with Crippen molar-refractivity contribution >= 4 is 13.8 Å². The first-order valence-electron chi connectivity index (χ1n) is 23.1. The lowest BCUT2D eigenvalue weighted by atomic mass is 10.1. The third-order valence-electron chi connectivity index (χ3n) is 9.30. The van der Waals surface area contributed by atoms with E-state index in [0.29, 0.717) is 13.0 Å². The first kappa shape index (κ1) is 55.7. The van der Waals surface area contributed by atoms with Gasteiger partial charge in [0.2, 0.25) is 0 Å². The molecule has 0 fully saturated rings. The SMILES string of the molecule is CC/C=C\C/C=C\C/C=C\C/C=C\C/C=C\CCCCCC(=O)OC(COCCCCCCCCCCCC/C=C\C/C=C\CCCCC)COP(=O)(O)OCCN. The van der Waals surface area contributed by atoms with Gasteiger partial charge in [-0.3, -0.25) is 13.8 Å². The number of allylic oxidation sites excluding steroid dienone is 14. The highest BCUT2D eigenvalue weighted by Gasteiger charge is 2.25. The Hall–Kier alpha value is -2.32. The van der Waals surface area contributed by atoms with Gasteiger partial charge >= 0.3 is 13.8 Å². The van der Waals surface area contributed by atoms with E-state index in [-0.39, 0.29) is 38.8 Å². The van der Waals surface area contributed by atoms with E-state index in [2.05, 4.69) is 98.9 Å². The molecule has 3 N–H and O–H groups in total. The van der Waals surface area contributed by atoms with Crippen LogP contribution in [0.1, 0.15) is 181 Å². The highest BCUT2D eigenvalue weighted by atomic mass is 31.2. The molecule has 0 aliphatic heterocycles. The first-order valence-corrected chi connectivity index (χ1v) is 24.6. The number of carbonyl (C=O) groups is 1. The fourth-order valence-corrected chi connectivity index (χ4v) is 6.70. The quantitative estimate of drug-likeness (QED) is 0.0270. The molecule has 2 atom stereocenters. The lowest BCUT2D eigenvalue weighted by Gasteiger charge is -2.20. The summed E-state index contributed by atoms with van der Waals surface area (Å²) in [5, 5.41) is 0. The normalized spacial score (nSPS) is 14.2. The van der Waals surface area contributed by atoms with Crippen LogP contribution in [0, 0.1) is 0 Å². The lowest BCUT2D eigenvalue weighted by molar-refractivity contribution is -0.154. The third-order valence-corrected chi connectivity index (χ3v) is 10.3. The van der Waals surface area contributed by atoms with Crippen molar-refractivity contribution in [3.8, 4) is 0 Å². The molecule has 0 spiro atoms. The molecule has 0 aromatic rings. The smallest absolute Gasteiger partial charge is 0.457 e. The fourth-order valence-electron chi connectivity index (χ4n) is 5.93. The maximum Gasteiger partial charge on any atom is 0.472 e. The van der Waals surface area contributed by atoms with Crippen molar-refractivity contribution in [1.29, 1.82) is 0 Å². The third kappa shape index (κ3) is 44.8. The van der Waals surface area contributed by atoms with Crippen LogP contribution in [0.2, 0.25) is 0 Å². The van der Waals surface area contributed by atoms with E-state index in [1.165, 1.54) is 83.5 Å². The van der Waals surface area contributed by atoms with Crippen molar-refractivity contribution in [2.24, 2.45) is 5.73 Å². The summed E-state index contributed by atoms with van der Waals surface area (Å²) >= 11 is 0. The fraction of sp³-hybridized carbons (Fsp3) is 0.694. The van der Waals surface area contributed by atoms with Crippen LogP contribution in [0.5, 0.6) is 0 Å². The van der Waals surface area contributed by atoms with Gasteiger partial charge in [0.05, 0.1) is 19.8 Å². The van der Waals surface area contributed by atoms with E-state index in [0.717, 1.165) is 70.6 Å². The summed E-state index contributed by atoms with van der Waals surface area (Å²) in [4.78, 5) is 22.5. The summed E-state index contributed by atoms with van der Waals surface area (Å²) in [5.41, 5.74) is 5.37. The molecule has 0 saturated heterocycles. The predicted octanol–water partition coefficient (Wildman–Crippen LogP) is 14.1. The first-order chi connectivity index (χ1) is 28.4. The van der Waals surface area contributed by atoms with Crippen molar-refractivity contribution in [3.05, 3.63) is 85.1 Å². The summed E-state index contributed by atoms with van der Waals surface area (Å²) in [6.45, 7) is 4.72. The van der Waals surface area contributed by atoms with Crippen molar-refractivity contribution in [2.75, 3.05) is 33.0 Å². The van der Waals surface area contributed by atoms with E-state index in [9.17, 15) is 14.3 Å². The predicted molar refractivity (Wildman–Crippen MR) is 247 cm³/mol. The minimum atomic E-state index is -4.30. The summed E-state index contributed by atoms with van der Waals surface area (Å²) in [7, 11) is -4.30. The number of nitrogens with two attached hydrogens (primary N) is 1.